The van der Waals surface area contributed by atoms with Crippen molar-refractivity contribution in [3.8, 4) is 0 Å². The van der Waals surface area contributed by atoms with Gasteiger partial charge in [0.05, 0.1) is 10.6 Å². The van der Waals surface area contributed by atoms with Gasteiger partial charge in [0.15, 0.2) is 5.78 Å². The molecule has 1 amide bonds. The second-order valence-corrected chi connectivity index (χ2v) is 5.51. The van der Waals surface area contributed by atoms with Crippen LogP contribution in [0.15, 0.2) is 36.5 Å². The number of ketones is 1. The molecule has 0 radical (unpaired) electrons. The third kappa shape index (κ3) is 4.50. The Hall–Kier alpha value is -2.47. The van der Waals surface area contributed by atoms with Crippen molar-refractivity contribution in [2.75, 3.05) is 5.73 Å². The zero-order chi connectivity index (χ0) is 17.0. The maximum atomic E-state index is 12.8. The van der Waals surface area contributed by atoms with Crippen LogP contribution in [-0.4, -0.2) is 22.7 Å². The van der Waals surface area contributed by atoms with Gasteiger partial charge >= 0.3 is 0 Å². The lowest BCUT2D eigenvalue weighted by Gasteiger charge is -2.13. The first-order valence-corrected chi connectivity index (χ1v) is 7.25. The number of hydrogen-bond donors (Lipinski definition) is 2. The summed E-state index contributed by atoms with van der Waals surface area (Å²) in [5.74, 6) is -0.858. The zero-order valence-corrected chi connectivity index (χ0v) is 13.1. The molecule has 1 aromatic carbocycles. The molecule has 5 nitrogen and oxygen atoms in total. The number of nitrogens with two attached hydrogens (primary N) is 1. The third-order valence-corrected chi connectivity index (χ3v) is 3.47. The van der Waals surface area contributed by atoms with E-state index in [1.807, 2.05) is 0 Å². The summed E-state index contributed by atoms with van der Waals surface area (Å²) in [6, 6.07) is 6.27. The minimum atomic E-state index is -0.407. The first-order chi connectivity index (χ1) is 10.9. The molecule has 2 aromatic rings. The highest BCUT2D eigenvalue weighted by Crippen LogP contribution is 2.17. The van der Waals surface area contributed by atoms with Crippen molar-refractivity contribution in [3.05, 3.63) is 58.5 Å². The Morgan fingerprint density at radius 3 is 2.57 bits per heavy atom. The van der Waals surface area contributed by atoms with Gasteiger partial charge in [-0.2, -0.15) is 0 Å². The molecule has 0 fully saturated rings. The van der Waals surface area contributed by atoms with Gasteiger partial charge in [-0.25, -0.2) is 9.37 Å². The van der Waals surface area contributed by atoms with Crippen LogP contribution in [0, 0.1) is 5.82 Å². The van der Waals surface area contributed by atoms with E-state index in [4.69, 9.17) is 17.3 Å². The molecule has 0 saturated heterocycles. The van der Waals surface area contributed by atoms with Crippen LogP contribution in [0.25, 0.3) is 0 Å². The van der Waals surface area contributed by atoms with Crippen LogP contribution in [0.3, 0.4) is 0 Å². The number of amides is 1. The Morgan fingerprint density at radius 2 is 1.96 bits per heavy atom. The van der Waals surface area contributed by atoms with Crippen LogP contribution in [0.5, 0.6) is 0 Å². The maximum absolute atomic E-state index is 12.8. The average Bonchev–Trinajstić information content (AvgIpc) is 2.50. The molecule has 0 aliphatic carbocycles. The molecule has 0 saturated carbocycles. The van der Waals surface area contributed by atoms with Crippen molar-refractivity contribution in [1.29, 1.82) is 0 Å². The van der Waals surface area contributed by atoms with E-state index in [9.17, 15) is 14.0 Å². The highest BCUT2D eigenvalue weighted by Gasteiger charge is 2.15. The second kappa shape index (κ2) is 7.19. The van der Waals surface area contributed by atoms with Gasteiger partial charge in [-0.15, -0.1) is 0 Å². The Kier molecular flexibility index (Phi) is 5.28. The van der Waals surface area contributed by atoms with E-state index in [-0.39, 0.29) is 28.6 Å². The van der Waals surface area contributed by atoms with Crippen LogP contribution in [0.4, 0.5) is 10.2 Å². The second-order valence-electron chi connectivity index (χ2n) is 5.10. The van der Waals surface area contributed by atoms with Gasteiger partial charge in [-0.1, -0.05) is 11.6 Å². The number of pyridine rings is 1. The molecule has 23 heavy (non-hydrogen) atoms. The molecule has 0 aliphatic heterocycles. The molecule has 120 valence electrons. The lowest BCUT2D eigenvalue weighted by Crippen LogP contribution is -2.34. The fourth-order valence-corrected chi connectivity index (χ4v) is 2.13. The molecule has 2 rings (SSSR count). The van der Waals surface area contributed by atoms with Crippen LogP contribution in [-0.2, 0) is 0 Å². The smallest absolute Gasteiger partial charge is 0.253 e. The average molecular weight is 336 g/mol. The Balaban J connectivity index is 1.97. The number of hydrogen-bond acceptors (Lipinski definition) is 4. The maximum Gasteiger partial charge on any atom is 0.253 e. The predicted molar refractivity (Wildman–Crippen MR) is 85.9 cm³/mol. The highest BCUT2D eigenvalue weighted by atomic mass is 35.5. The van der Waals surface area contributed by atoms with Crippen LogP contribution < -0.4 is 11.1 Å². The summed E-state index contributed by atoms with van der Waals surface area (Å²) in [5.41, 5.74) is 6.13. The van der Waals surface area contributed by atoms with Crippen LogP contribution >= 0.6 is 11.6 Å². The van der Waals surface area contributed by atoms with Gasteiger partial charge in [-0.05, 0) is 37.3 Å². The van der Waals surface area contributed by atoms with Crippen molar-refractivity contribution in [2.45, 2.75) is 19.4 Å². The molecule has 1 unspecified atom stereocenters. The lowest BCUT2D eigenvalue weighted by atomic mass is 10.0. The SMILES string of the molecule is CC(CC(=O)c1ccc(F)cc1)NC(=O)c1cnc(N)c(Cl)c1. The topological polar surface area (TPSA) is 85.1 Å². The van der Waals surface area contributed by atoms with E-state index >= 15 is 0 Å². The number of aromatic nitrogens is 1. The van der Waals surface area contributed by atoms with Gasteiger partial charge in [-0.3, -0.25) is 9.59 Å². The molecular formula is C16H15ClFN3O2. The fraction of sp³-hybridized carbons (Fsp3) is 0.188. The van der Waals surface area contributed by atoms with E-state index in [0.717, 1.165) is 0 Å². The number of carbonyl (C=O) groups excluding carboxylic acids is 2. The monoisotopic (exact) mass is 335 g/mol. The van der Waals surface area contributed by atoms with Crippen molar-refractivity contribution in [3.63, 3.8) is 0 Å². The Bertz CT molecular complexity index is 735. The van der Waals surface area contributed by atoms with E-state index < -0.39 is 17.8 Å². The Morgan fingerprint density at radius 1 is 1.30 bits per heavy atom. The Labute approximate surface area is 137 Å². The van der Waals surface area contributed by atoms with Crippen molar-refractivity contribution in [2.24, 2.45) is 0 Å². The summed E-state index contributed by atoms with van der Waals surface area (Å²) in [4.78, 5) is 27.9. The summed E-state index contributed by atoms with van der Waals surface area (Å²) < 4.78 is 12.8. The zero-order valence-electron chi connectivity index (χ0n) is 12.3. The number of carbonyl (C=O) groups is 2. The third-order valence-electron chi connectivity index (χ3n) is 3.17. The van der Waals surface area contributed by atoms with E-state index in [1.165, 1.54) is 36.5 Å². The summed E-state index contributed by atoms with van der Waals surface area (Å²) >= 11 is 5.82. The lowest BCUT2D eigenvalue weighted by molar-refractivity contribution is 0.0918. The number of nitrogens with zero attached hydrogens (tertiary/aromatic N) is 1. The highest BCUT2D eigenvalue weighted by molar-refractivity contribution is 6.33. The number of rotatable bonds is 5. The van der Waals surface area contributed by atoms with E-state index in [0.29, 0.717) is 5.56 Å². The normalized spacial score (nSPS) is 11.8. The summed E-state index contributed by atoms with van der Waals surface area (Å²) in [7, 11) is 0. The van der Waals surface area contributed by atoms with Crippen molar-refractivity contribution in [1.82, 2.24) is 10.3 Å². The number of benzene rings is 1. The fourth-order valence-electron chi connectivity index (χ4n) is 1.96. The number of nitrogens with one attached hydrogen (secondary N) is 1. The summed E-state index contributed by atoms with van der Waals surface area (Å²) in [6.45, 7) is 1.70. The van der Waals surface area contributed by atoms with Gasteiger partial charge in [0.25, 0.3) is 5.91 Å². The van der Waals surface area contributed by atoms with E-state index in [1.54, 1.807) is 6.92 Å². The standard InChI is InChI=1S/C16H15ClFN3O2/c1-9(6-14(22)10-2-4-12(18)5-3-10)21-16(23)11-7-13(17)15(19)20-8-11/h2-5,7-9H,6H2,1H3,(H2,19,20)(H,21,23). The van der Waals surface area contributed by atoms with Gasteiger partial charge < -0.3 is 11.1 Å². The van der Waals surface area contributed by atoms with Gasteiger partial charge in [0, 0.05) is 24.2 Å². The largest absolute Gasteiger partial charge is 0.382 e. The molecule has 1 aromatic heterocycles. The van der Waals surface area contributed by atoms with Crippen molar-refractivity contribution < 1.29 is 14.0 Å². The van der Waals surface area contributed by atoms with Crippen molar-refractivity contribution >= 4 is 29.1 Å². The number of nitrogen functional groups attached to an aromatic ring is 1. The summed E-state index contributed by atoms with van der Waals surface area (Å²) in [6.07, 6.45) is 1.40. The first-order valence-electron chi connectivity index (χ1n) is 6.87. The molecule has 3 N–H and O–H groups in total. The molecule has 0 bridgehead atoms. The molecule has 7 heteroatoms. The molecule has 1 heterocycles. The van der Waals surface area contributed by atoms with E-state index in [2.05, 4.69) is 10.3 Å². The number of halogens is 2. The predicted octanol–water partition coefficient (Wildman–Crippen LogP) is 2.85. The van der Waals surface area contributed by atoms with Crippen LogP contribution in [0.2, 0.25) is 5.02 Å². The molecule has 1 atom stereocenters. The molecule has 0 spiro atoms. The number of Topliss-reactive ketones (excluding diaryl/α,β-unsaturated/α-hetero) is 1. The van der Waals surface area contributed by atoms with Gasteiger partial charge in [0.2, 0.25) is 0 Å². The summed E-state index contributed by atoms with van der Waals surface area (Å²) in [5, 5.41) is 2.87. The quantitative estimate of drug-likeness (QED) is 0.823. The number of anilines is 1. The molecule has 0 aliphatic rings. The van der Waals surface area contributed by atoms with Crippen LogP contribution in [0.1, 0.15) is 34.1 Å². The minimum Gasteiger partial charge on any atom is -0.382 e. The first kappa shape index (κ1) is 16.9. The molecular weight excluding hydrogens is 321 g/mol. The minimum absolute atomic E-state index is 0.0908. The van der Waals surface area contributed by atoms with Gasteiger partial charge in [0.1, 0.15) is 11.6 Å².